The van der Waals surface area contributed by atoms with Gasteiger partial charge < -0.3 is 14.6 Å². The predicted molar refractivity (Wildman–Crippen MR) is 78.6 cm³/mol. The van der Waals surface area contributed by atoms with Crippen LogP contribution < -0.4 is 4.74 Å². The Morgan fingerprint density at radius 2 is 2.05 bits per heavy atom. The summed E-state index contributed by atoms with van der Waals surface area (Å²) in [6.07, 6.45) is 0. The zero-order valence-corrected chi connectivity index (χ0v) is 13.1. The number of nitro groups is 1. The second-order valence-electron chi connectivity index (χ2n) is 5.70. The fourth-order valence-corrected chi connectivity index (χ4v) is 2.23. The third-order valence-corrected chi connectivity index (χ3v) is 4.40. The van der Waals surface area contributed by atoms with Crippen LogP contribution in [0.2, 0.25) is 25.7 Å². The Balaban J connectivity index is 2.53. The van der Waals surface area contributed by atoms with Gasteiger partial charge in [-0.15, -0.1) is 0 Å². The van der Waals surface area contributed by atoms with E-state index in [0.717, 1.165) is 6.04 Å². The molecule has 0 aliphatic rings. The standard InChI is InChI=1S/C13H21NO5Si/c1-20(2,3)7-6-18-10-19-13-5-4-11(9-15)8-12(13)14(16)17/h4-5,8,15H,6-7,9-10H2,1-3H3. The van der Waals surface area contributed by atoms with Crippen LogP contribution in [0.25, 0.3) is 0 Å². The molecule has 0 fully saturated rings. The van der Waals surface area contributed by atoms with Crippen LogP contribution in [-0.2, 0) is 11.3 Å². The molecule has 0 saturated carbocycles. The molecule has 0 aromatic heterocycles. The van der Waals surface area contributed by atoms with Crippen LogP contribution >= 0.6 is 0 Å². The molecule has 0 radical (unpaired) electrons. The van der Waals surface area contributed by atoms with Gasteiger partial charge in [0.05, 0.1) is 11.5 Å². The highest BCUT2D eigenvalue weighted by molar-refractivity contribution is 6.76. The Morgan fingerprint density at radius 1 is 1.35 bits per heavy atom. The molecule has 7 heteroatoms. The smallest absolute Gasteiger partial charge is 0.311 e. The van der Waals surface area contributed by atoms with Gasteiger partial charge in [-0.2, -0.15) is 0 Å². The second-order valence-corrected chi connectivity index (χ2v) is 11.3. The molecule has 0 bridgehead atoms. The summed E-state index contributed by atoms with van der Waals surface area (Å²) in [4.78, 5) is 10.4. The van der Waals surface area contributed by atoms with Crippen molar-refractivity contribution in [3.05, 3.63) is 33.9 Å². The van der Waals surface area contributed by atoms with Crippen LogP contribution in [0.1, 0.15) is 5.56 Å². The minimum Gasteiger partial charge on any atom is -0.460 e. The Morgan fingerprint density at radius 3 is 2.60 bits per heavy atom. The number of hydrogen-bond acceptors (Lipinski definition) is 5. The predicted octanol–water partition coefficient (Wildman–Crippen LogP) is 2.78. The summed E-state index contributed by atoms with van der Waals surface area (Å²) < 4.78 is 10.6. The normalized spacial score (nSPS) is 11.4. The van der Waals surface area contributed by atoms with E-state index in [-0.39, 0.29) is 24.8 Å². The maximum absolute atomic E-state index is 10.9. The monoisotopic (exact) mass is 299 g/mol. The molecule has 20 heavy (non-hydrogen) atoms. The first kappa shape index (κ1) is 16.6. The largest absolute Gasteiger partial charge is 0.460 e. The Kier molecular flexibility index (Phi) is 6.12. The number of ether oxygens (including phenoxy) is 2. The van der Waals surface area contributed by atoms with Crippen molar-refractivity contribution in [3.8, 4) is 5.75 Å². The molecule has 1 aromatic rings. The third kappa shape index (κ3) is 5.68. The van der Waals surface area contributed by atoms with E-state index >= 15 is 0 Å². The van der Waals surface area contributed by atoms with E-state index in [0.29, 0.717) is 12.2 Å². The highest BCUT2D eigenvalue weighted by Crippen LogP contribution is 2.28. The fraction of sp³-hybridized carbons (Fsp3) is 0.538. The molecule has 0 heterocycles. The SMILES string of the molecule is C[Si](C)(C)CCOCOc1ccc(CO)cc1[N+](=O)[O-]. The minimum atomic E-state index is -1.14. The Bertz CT molecular complexity index is 459. The molecule has 0 atom stereocenters. The van der Waals surface area contributed by atoms with E-state index in [9.17, 15) is 10.1 Å². The molecule has 0 saturated heterocycles. The third-order valence-electron chi connectivity index (χ3n) is 2.70. The first-order valence-corrected chi connectivity index (χ1v) is 10.1. The summed E-state index contributed by atoms with van der Waals surface area (Å²) in [5.74, 6) is 0.153. The van der Waals surface area contributed by atoms with Gasteiger partial charge >= 0.3 is 5.69 Å². The summed E-state index contributed by atoms with van der Waals surface area (Å²) in [5.41, 5.74) is 0.314. The van der Waals surface area contributed by atoms with E-state index in [1.807, 2.05) is 0 Å². The molecule has 0 amide bonds. The molecule has 0 aliphatic carbocycles. The zero-order chi connectivity index (χ0) is 15.2. The maximum atomic E-state index is 10.9. The van der Waals surface area contributed by atoms with Crippen molar-refractivity contribution in [1.82, 2.24) is 0 Å². The Hall–Kier alpha value is -1.44. The van der Waals surface area contributed by atoms with Crippen LogP contribution in [0.15, 0.2) is 18.2 Å². The van der Waals surface area contributed by atoms with E-state index in [1.54, 1.807) is 6.07 Å². The van der Waals surface area contributed by atoms with Gasteiger partial charge in [-0.3, -0.25) is 10.1 Å². The van der Waals surface area contributed by atoms with Crippen molar-refractivity contribution in [2.45, 2.75) is 32.3 Å². The lowest BCUT2D eigenvalue weighted by Gasteiger charge is -2.15. The van der Waals surface area contributed by atoms with Crippen molar-refractivity contribution < 1.29 is 19.5 Å². The first-order valence-electron chi connectivity index (χ1n) is 6.42. The van der Waals surface area contributed by atoms with Crippen molar-refractivity contribution in [2.24, 2.45) is 0 Å². The lowest BCUT2D eigenvalue weighted by molar-refractivity contribution is -0.386. The molecule has 0 unspecified atom stereocenters. The summed E-state index contributed by atoms with van der Waals surface area (Å²) in [6.45, 7) is 7.08. The maximum Gasteiger partial charge on any atom is 0.311 e. The summed E-state index contributed by atoms with van der Waals surface area (Å²) >= 11 is 0. The van der Waals surface area contributed by atoms with E-state index < -0.39 is 13.0 Å². The van der Waals surface area contributed by atoms with Gasteiger partial charge in [0.2, 0.25) is 0 Å². The van der Waals surface area contributed by atoms with Gasteiger partial charge in [0.15, 0.2) is 12.5 Å². The van der Waals surface area contributed by atoms with Crippen LogP contribution in [0.4, 0.5) is 5.69 Å². The fourth-order valence-electron chi connectivity index (χ4n) is 1.47. The summed E-state index contributed by atoms with van der Waals surface area (Å²) in [6, 6.07) is 5.38. The van der Waals surface area contributed by atoms with Crippen LogP contribution in [0.3, 0.4) is 0 Å². The lowest BCUT2D eigenvalue weighted by Crippen LogP contribution is -2.22. The molecule has 1 N–H and O–H groups in total. The van der Waals surface area contributed by atoms with E-state index in [2.05, 4.69) is 19.6 Å². The molecule has 112 valence electrons. The summed E-state index contributed by atoms with van der Waals surface area (Å²) in [7, 11) is -1.14. The lowest BCUT2D eigenvalue weighted by atomic mass is 10.2. The molecule has 1 rings (SSSR count). The van der Waals surface area contributed by atoms with Crippen LogP contribution in [0, 0.1) is 10.1 Å². The highest BCUT2D eigenvalue weighted by atomic mass is 28.3. The van der Waals surface area contributed by atoms with Crippen LogP contribution in [0.5, 0.6) is 5.75 Å². The van der Waals surface area contributed by atoms with Gasteiger partial charge in [-0.1, -0.05) is 25.7 Å². The number of aliphatic hydroxyl groups is 1. The van der Waals surface area contributed by atoms with Crippen molar-refractivity contribution >= 4 is 13.8 Å². The average molecular weight is 299 g/mol. The van der Waals surface area contributed by atoms with Gasteiger partial charge in [0, 0.05) is 20.7 Å². The number of nitrogens with zero attached hydrogens (tertiary/aromatic N) is 1. The van der Waals surface area contributed by atoms with Crippen molar-refractivity contribution in [3.63, 3.8) is 0 Å². The van der Waals surface area contributed by atoms with Gasteiger partial charge in [0.25, 0.3) is 0 Å². The number of nitro benzene ring substituents is 1. The molecule has 0 aliphatic heterocycles. The number of hydrogen-bond donors (Lipinski definition) is 1. The van der Waals surface area contributed by atoms with Gasteiger partial charge in [-0.25, -0.2) is 0 Å². The van der Waals surface area contributed by atoms with Gasteiger partial charge in [0.1, 0.15) is 0 Å². The number of benzene rings is 1. The van der Waals surface area contributed by atoms with Gasteiger partial charge in [-0.05, 0) is 17.7 Å². The van der Waals surface area contributed by atoms with Crippen molar-refractivity contribution in [1.29, 1.82) is 0 Å². The first-order chi connectivity index (χ1) is 9.33. The van der Waals surface area contributed by atoms with E-state index in [1.165, 1.54) is 12.1 Å². The summed E-state index contributed by atoms with van der Waals surface area (Å²) in [5, 5.41) is 19.9. The number of aliphatic hydroxyl groups excluding tert-OH is 1. The number of rotatable bonds is 8. The quantitative estimate of drug-likeness (QED) is 0.262. The van der Waals surface area contributed by atoms with Crippen molar-refractivity contribution in [2.75, 3.05) is 13.4 Å². The van der Waals surface area contributed by atoms with E-state index in [4.69, 9.17) is 14.6 Å². The Labute approximate surface area is 119 Å². The topological polar surface area (TPSA) is 81.8 Å². The molecule has 1 aromatic carbocycles. The van der Waals surface area contributed by atoms with Crippen LogP contribution in [-0.4, -0.2) is 31.5 Å². The molecule has 0 spiro atoms. The second kappa shape index (κ2) is 7.37. The molecular weight excluding hydrogens is 278 g/mol. The highest BCUT2D eigenvalue weighted by Gasteiger charge is 2.16. The molecular formula is C13H21NO5Si. The minimum absolute atomic E-state index is 0.0101. The molecule has 6 nitrogen and oxygen atoms in total. The zero-order valence-electron chi connectivity index (χ0n) is 12.1. The average Bonchev–Trinajstić information content (AvgIpc) is 2.37.